The largest absolute Gasteiger partial charge is 0.466 e. The summed E-state index contributed by atoms with van der Waals surface area (Å²) in [6.07, 6.45) is 40.4. The summed E-state index contributed by atoms with van der Waals surface area (Å²) in [6, 6.07) is 0. The highest BCUT2D eigenvalue weighted by atomic mass is 16.5. The highest BCUT2D eigenvalue weighted by Gasteiger charge is 2.14. The number of rotatable bonds is 39. The average Bonchev–Trinajstić information content (AvgIpc) is 3.13. The van der Waals surface area contributed by atoms with Gasteiger partial charge in [0.2, 0.25) is 0 Å². The van der Waals surface area contributed by atoms with E-state index in [0.29, 0.717) is 32.5 Å². The summed E-state index contributed by atoms with van der Waals surface area (Å²) >= 11 is 0. The predicted octanol–water partition coefficient (Wildman–Crippen LogP) is 14.7. The van der Waals surface area contributed by atoms with Gasteiger partial charge in [-0.25, -0.2) is 0 Å². The summed E-state index contributed by atoms with van der Waals surface area (Å²) in [5.74, 6) is -0.0840. The predicted molar refractivity (Wildman–Crippen MR) is 222 cm³/mol. The van der Waals surface area contributed by atoms with E-state index in [4.69, 9.17) is 14.2 Å². The van der Waals surface area contributed by atoms with Gasteiger partial charge in [-0.05, 0) is 51.4 Å². The molecule has 52 heavy (non-hydrogen) atoms. The molecule has 0 spiro atoms. The Kier molecular flexibility index (Phi) is 46.0. The molecule has 0 radical (unpaired) electrons. The van der Waals surface area contributed by atoms with Crippen molar-refractivity contribution in [1.82, 2.24) is 0 Å². The maximum absolute atomic E-state index is 12.2. The molecule has 1 unspecified atom stereocenters. The van der Waals surface area contributed by atoms with Gasteiger partial charge in [-0.2, -0.15) is 0 Å². The third-order valence-electron chi connectivity index (χ3n) is 9.83. The molecule has 310 valence electrons. The van der Waals surface area contributed by atoms with Gasteiger partial charge in [-0.3, -0.25) is 14.4 Å². The van der Waals surface area contributed by atoms with Crippen molar-refractivity contribution in [1.29, 1.82) is 0 Å². The topological polar surface area (TPSA) is 78.9 Å². The Morgan fingerprint density at radius 1 is 0.327 bits per heavy atom. The van der Waals surface area contributed by atoms with Crippen LogP contribution in [-0.4, -0.2) is 37.2 Å². The number of carbonyl (C=O) groups is 3. The Labute approximate surface area is 324 Å². The van der Waals surface area contributed by atoms with Crippen molar-refractivity contribution in [2.75, 3.05) is 13.2 Å². The van der Waals surface area contributed by atoms with Gasteiger partial charge in [-0.15, -0.1) is 0 Å². The maximum Gasteiger partial charge on any atom is 0.306 e. The summed E-state index contributed by atoms with van der Waals surface area (Å²) < 4.78 is 16.0. The highest BCUT2D eigenvalue weighted by molar-refractivity contribution is 5.70. The molecule has 0 N–H and O–H groups in total. The second-order valence-electron chi connectivity index (χ2n) is 15.2. The van der Waals surface area contributed by atoms with Crippen LogP contribution in [0.2, 0.25) is 0 Å². The molecule has 0 aromatic heterocycles. The zero-order chi connectivity index (χ0) is 38.6. The Morgan fingerprint density at radius 3 is 0.981 bits per heavy atom. The molecule has 0 aliphatic rings. The summed E-state index contributed by atoms with van der Waals surface area (Å²) in [7, 11) is 0. The van der Waals surface area contributed by atoms with E-state index in [-0.39, 0.29) is 24.0 Å². The molecule has 0 heterocycles. The van der Waals surface area contributed by atoms with Crippen molar-refractivity contribution in [2.45, 2.75) is 265 Å². The fourth-order valence-corrected chi connectivity index (χ4v) is 6.25. The highest BCUT2D eigenvalue weighted by Crippen LogP contribution is 2.17. The molecule has 0 aliphatic heterocycles. The lowest BCUT2D eigenvalue weighted by atomic mass is 10.0. The van der Waals surface area contributed by atoms with Gasteiger partial charge in [-0.1, -0.05) is 189 Å². The van der Waals surface area contributed by atoms with E-state index >= 15 is 0 Å². The molecule has 0 aromatic carbocycles. The van der Waals surface area contributed by atoms with Crippen LogP contribution in [-0.2, 0) is 28.6 Å². The molecule has 1 atom stereocenters. The zero-order valence-corrected chi connectivity index (χ0v) is 35.7. The van der Waals surface area contributed by atoms with E-state index in [9.17, 15) is 14.4 Å². The Bertz CT molecular complexity index is 710. The molecule has 0 amide bonds. The third-order valence-corrected chi connectivity index (χ3v) is 9.83. The van der Waals surface area contributed by atoms with Gasteiger partial charge in [0, 0.05) is 19.3 Å². The smallest absolute Gasteiger partial charge is 0.306 e. The fourth-order valence-electron chi connectivity index (χ4n) is 6.25. The fraction of sp³-hybridized carbons (Fsp3) is 0.935. The molecular formula is C46H90O6. The van der Waals surface area contributed by atoms with Crippen molar-refractivity contribution in [3.05, 3.63) is 0 Å². The van der Waals surface area contributed by atoms with Crippen molar-refractivity contribution < 1.29 is 28.6 Å². The standard InChI is InChI=1S/C28H56O2.C18H34O4/c1-4-7-10-12-13-14-15-16-17-18-19-21-23-26-28(29)30-27(24-9-6-3)25-22-20-11-8-5-2;1-3-5-15-21-17(19)13-11-9-7-8-10-12-14-18(20)22-16-6-4-2/h27H,4-26H2,1-3H3;3-16H2,1-2H3. The van der Waals surface area contributed by atoms with E-state index in [1.54, 1.807) is 0 Å². The van der Waals surface area contributed by atoms with Crippen LogP contribution in [0.1, 0.15) is 259 Å². The van der Waals surface area contributed by atoms with Crippen molar-refractivity contribution in [3.8, 4) is 0 Å². The van der Waals surface area contributed by atoms with Crippen LogP contribution in [0.3, 0.4) is 0 Å². The minimum absolute atomic E-state index is 0.0488. The second kappa shape index (κ2) is 45.6. The number of carbonyl (C=O) groups excluding carboxylic acids is 3. The SMILES string of the molecule is CCCCCCCCCCCCCCCC(=O)OC(CCCC)CCCCCCC.CCCCOC(=O)CCCCCCCCC(=O)OCCCC. The van der Waals surface area contributed by atoms with Crippen LogP contribution >= 0.6 is 0 Å². The molecular weight excluding hydrogens is 649 g/mol. The molecule has 0 aromatic rings. The van der Waals surface area contributed by atoms with Crippen LogP contribution in [0.25, 0.3) is 0 Å². The van der Waals surface area contributed by atoms with Crippen molar-refractivity contribution in [2.24, 2.45) is 0 Å². The first-order chi connectivity index (χ1) is 25.4. The summed E-state index contributed by atoms with van der Waals surface area (Å²) in [6.45, 7) is 12.0. The molecule has 6 nitrogen and oxygen atoms in total. The quantitative estimate of drug-likeness (QED) is 0.0355. The van der Waals surface area contributed by atoms with E-state index in [1.165, 1.54) is 122 Å². The van der Waals surface area contributed by atoms with Gasteiger partial charge < -0.3 is 14.2 Å². The first-order valence-corrected chi connectivity index (χ1v) is 23.0. The number of hydrogen-bond acceptors (Lipinski definition) is 6. The number of esters is 3. The minimum atomic E-state index is -0.0664. The lowest BCUT2D eigenvalue weighted by Crippen LogP contribution is -2.18. The molecule has 0 saturated carbocycles. The molecule has 0 bridgehead atoms. The molecule has 0 fully saturated rings. The molecule has 0 aliphatic carbocycles. The summed E-state index contributed by atoms with van der Waals surface area (Å²) in [5, 5.41) is 0. The number of ether oxygens (including phenoxy) is 3. The van der Waals surface area contributed by atoms with Gasteiger partial charge >= 0.3 is 17.9 Å². The first kappa shape index (κ1) is 52.5. The van der Waals surface area contributed by atoms with E-state index in [1.807, 2.05) is 0 Å². The third kappa shape index (κ3) is 44.6. The molecule has 0 rings (SSSR count). The number of unbranched alkanes of at least 4 members (excludes halogenated alkanes) is 24. The zero-order valence-electron chi connectivity index (χ0n) is 35.7. The molecule has 6 heteroatoms. The van der Waals surface area contributed by atoms with Gasteiger partial charge in [0.1, 0.15) is 6.10 Å². The van der Waals surface area contributed by atoms with E-state index < -0.39 is 0 Å². The van der Waals surface area contributed by atoms with Gasteiger partial charge in [0.05, 0.1) is 13.2 Å². The van der Waals surface area contributed by atoms with E-state index in [2.05, 4.69) is 34.6 Å². The maximum atomic E-state index is 12.2. The first-order valence-electron chi connectivity index (χ1n) is 23.0. The van der Waals surface area contributed by atoms with Crippen molar-refractivity contribution in [3.63, 3.8) is 0 Å². The van der Waals surface area contributed by atoms with Gasteiger partial charge in [0.25, 0.3) is 0 Å². The van der Waals surface area contributed by atoms with Crippen molar-refractivity contribution >= 4 is 17.9 Å². The van der Waals surface area contributed by atoms with Crippen LogP contribution < -0.4 is 0 Å². The Hall–Kier alpha value is -1.59. The second-order valence-corrected chi connectivity index (χ2v) is 15.2. The lowest BCUT2D eigenvalue weighted by molar-refractivity contribution is -0.150. The normalized spacial score (nSPS) is 11.5. The minimum Gasteiger partial charge on any atom is -0.466 e. The average molecular weight is 739 g/mol. The lowest BCUT2D eigenvalue weighted by Gasteiger charge is -2.18. The Balaban J connectivity index is 0. The summed E-state index contributed by atoms with van der Waals surface area (Å²) in [5.41, 5.74) is 0. The Morgan fingerprint density at radius 2 is 0.615 bits per heavy atom. The molecule has 0 saturated heterocycles. The van der Waals surface area contributed by atoms with E-state index in [0.717, 1.165) is 83.5 Å². The van der Waals surface area contributed by atoms with Crippen LogP contribution in [0.15, 0.2) is 0 Å². The number of hydrogen-bond donors (Lipinski definition) is 0. The summed E-state index contributed by atoms with van der Waals surface area (Å²) in [4.78, 5) is 35.0. The van der Waals surface area contributed by atoms with Crippen LogP contribution in [0, 0.1) is 0 Å². The van der Waals surface area contributed by atoms with Crippen LogP contribution in [0.4, 0.5) is 0 Å². The van der Waals surface area contributed by atoms with Crippen LogP contribution in [0.5, 0.6) is 0 Å². The monoisotopic (exact) mass is 739 g/mol. The van der Waals surface area contributed by atoms with Gasteiger partial charge in [0.15, 0.2) is 0 Å².